The molecular formula is C27H24N6O2S2. The molecule has 8 nitrogen and oxygen atoms in total. The fraction of sp³-hybridized carbons (Fsp3) is 0.148. The van der Waals surface area contributed by atoms with Crippen molar-refractivity contribution in [2.24, 2.45) is 0 Å². The highest BCUT2D eigenvalue weighted by atomic mass is 32.2. The number of methoxy groups -OCH3 is 1. The van der Waals surface area contributed by atoms with Crippen LogP contribution in [-0.2, 0) is 18.7 Å². The van der Waals surface area contributed by atoms with Crippen molar-refractivity contribution < 1.29 is 9.53 Å². The first-order valence-electron chi connectivity index (χ1n) is 11.6. The molecule has 0 bridgehead atoms. The smallest absolute Gasteiger partial charge is 0.271 e. The van der Waals surface area contributed by atoms with Crippen LogP contribution in [0, 0.1) is 0 Å². The predicted molar refractivity (Wildman–Crippen MR) is 144 cm³/mol. The predicted octanol–water partition coefficient (Wildman–Crippen LogP) is 4.94. The summed E-state index contributed by atoms with van der Waals surface area (Å²) in [6.07, 6.45) is 4.04. The number of ether oxygens (including phenoxy) is 1. The van der Waals surface area contributed by atoms with Gasteiger partial charge in [-0.05, 0) is 35.4 Å². The molecular weight excluding hydrogens is 504 g/mol. The van der Waals surface area contributed by atoms with Crippen molar-refractivity contribution in [3.05, 3.63) is 112 Å². The molecule has 186 valence electrons. The number of rotatable bonds is 10. The number of nitrogens with zero attached hydrogens (tertiary/aromatic N) is 5. The molecule has 3 aromatic heterocycles. The summed E-state index contributed by atoms with van der Waals surface area (Å²) in [4.78, 5) is 21.1. The Balaban J connectivity index is 1.33. The van der Waals surface area contributed by atoms with Crippen LogP contribution in [0.2, 0.25) is 0 Å². The minimum absolute atomic E-state index is 0.202. The van der Waals surface area contributed by atoms with Crippen molar-refractivity contribution in [2.75, 3.05) is 7.11 Å². The molecule has 10 heteroatoms. The molecule has 0 unspecified atom stereocenters. The SMILES string of the molecule is COc1ccccc1-n1c(Cc2ccccc2)nnc1SCc1nc(C(=O)NCc2ccncc2)cs1. The van der Waals surface area contributed by atoms with Gasteiger partial charge >= 0.3 is 0 Å². The lowest BCUT2D eigenvalue weighted by Gasteiger charge is -2.13. The molecule has 0 saturated carbocycles. The second-order valence-corrected chi connectivity index (χ2v) is 9.91. The van der Waals surface area contributed by atoms with E-state index in [0.717, 1.165) is 38.6 Å². The van der Waals surface area contributed by atoms with Crippen LogP contribution in [-0.4, -0.2) is 37.7 Å². The summed E-state index contributed by atoms with van der Waals surface area (Å²) < 4.78 is 7.67. The summed E-state index contributed by atoms with van der Waals surface area (Å²) in [7, 11) is 1.66. The van der Waals surface area contributed by atoms with Crippen molar-refractivity contribution in [3.8, 4) is 11.4 Å². The molecule has 0 atom stereocenters. The number of pyridine rings is 1. The molecule has 0 aliphatic carbocycles. The van der Waals surface area contributed by atoms with Gasteiger partial charge in [0.25, 0.3) is 5.91 Å². The first-order chi connectivity index (χ1) is 18.2. The molecule has 0 aliphatic heterocycles. The number of benzene rings is 2. The second-order valence-electron chi connectivity index (χ2n) is 8.02. The van der Waals surface area contributed by atoms with E-state index in [2.05, 4.69) is 37.6 Å². The lowest BCUT2D eigenvalue weighted by atomic mass is 10.1. The zero-order valence-electron chi connectivity index (χ0n) is 20.1. The van der Waals surface area contributed by atoms with Gasteiger partial charge in [-0.15, -0.1) is 21.5 Å². The Morgan fingerprint density at radius 1 is 1.00 bits per heavy atom. The first-order valence-corrected chi connectivity index (χ1v) is 13.4. The van der Waals surface area contributed by atoms with Gasteiger partial charge < -0.3 is 10.1 Å². The van der Waals surface area contributed by atoms with Crippen molar-refractivity contribution in [2.45, 2.75) is 23.9 Å². The van der Waals surface area contributed by atoms with Gasteiger partial charge in [-0.1, -0.05) is 54.2 Å². The number of nitrogens with one attached hydrogen (secondary N) is 1. The Hall–Kier alpha value is -4.02. The summed E-state index contributed by atoms with van der Waals surface area (Å²) in [5.41, 5.74) is 3.41. The number of thiazole rings is 1. The van der Waals surface area contributed by atoms with E-state index >= 15 is 0 Å². The number of para-hydroxylation sites is 2. The van der Waals surface area contributed by atoms with E-state index in [4.69, 9.17) is 4.74 Å². The minimum Gasteiger partial charge on any atom is -0.495 e. The van der Waals surface area contributed by atoms with Crippen molar-refractivity contribution >= 4 is 29.0 Å². The van der Waals surface area contributed by atoms with Gasteiger partial charge in [0.1, 0.15) is 22.3 Å². The quantitative estimate of drug-likeness (QED) is 0.257. The highest BCUT2D eigenvalue weighted by molar-refractivity contribution is 7.98. The molecule has 37 heavy (non-hydrogen) atoms. The molecule has 1 N–H and O–H groups in total. The van der Waals surface area contributed by atoms with Crippen molar-refractivity contribution in [1.82, 2.24) is 30.0 Å². The number of aromatic nitrogens is 5. The third-order valence-corrected chi connectivity index (χ3v) is 7.51. The van der Waals surface area contributed by atoms with Gasteiger partial charge in [-0.25, -0.2) is 4.98 Å². The molecule has 5 rings (SSSR count). The Kier molecular flexibility index (Phi) is 7.87. The van der Waals surface area contributed by atoms with Crippen LogP contribution in [0.15, 0.2) is 89.7 Å². The van der Waals surface area contributed by atoms with E-state index < -0.39 is 0 Å². The van der Waals surface area contributed by atoms with Gasteiger partial charge in [0.2, 0.25) is 0 Å². The Bertz CT molecular complexity index is 1470. The maximum Gasteiger partial charge on any atom is 0.271 e. The summed E-state index contributed by atoms with van der Waals surface area (Å²) in [5.74, 6) is 1.90. The average Bonchev–Trinajstić information content (AvgIpc) is 3.59. The zero-order valence-corrected chi connectivity index (χ0v) is 21.7. The lowest BCUT2D eigenvalue weighted by molar-refractivity contribution is 0.0946. The normalized spacial score (nSPS) is 10.8. The summed E-state index contributed by atoms with van der Waals surface area (Å²) >= 11 is 2.98. The molecule has 2 aromatic carbocycles. The lowest BCUT2D eigenvalue weighted by Crippen LogP contribution is -2.23. The second kappa shape index (κ2) is 11.8. The number of hydrogen-bond donors (Lipinski definition) is 1. The number of hydrogen-bond acceptors (Lipinski definition) is 8. The van der Waals surface area contributed by atoms with Crippen LogP contribution in [0.3, 0.4) is 0 Å². The summed E-state index contributed by atoms with van der Waals surface area (Å²) in [6.45, 7) is 0.426. The first kappa shape index (κ1) is 24.7. The summed E-state index contributed by atoms with van der Waals surface area (Å²) in [6, 6.07) is 21.7. The molecule has 0 saturated heterocycles. The van der Waals surface area contributed by atoms with Gasteiger partial charge in [0, 0.05) is 30.7 Å². The largest absolute Gasteiger partial charge is 0.495 e. The number of carbonyl (C=O) groups excluding carboxylic acids is 1. The molecule has 1 amide bonds. The topological polar surface area (TPSA) is 94.8 Å². The fourth-order valence-corrected chi connectivity index (χ4v) is 5.48. The summed E-state index contributed by atoms with van der Waals surface area (Å²) in [5, 5.41) is 15.3. The Morgan fingerprint density at radius 3 is 2.59 bits per heavy atom. The van der Waals surface area contributed by atoms with E-state index in [1.807, 2.05) is 59.2 Å². The maximum absolute atomic E-state index is 12.6. The van der Waals surface area contributed by atoms with Crippen molar-refractivity contribution in [1.29, 1.82) is 0 Å². The van der Waals surface area contributed by atoms with Crippen LogP contribution >= 0.6 is 23.1 Å². The fourth-order valence-electron chi connectivity index (χ4n) is 3.72. The van der Waals surface area contributed by atoms with Crippen LogP contribution in [0.1, 0.15) is 32.4 Å². The minimum atomic E-state index is -0.202. The Labute approximate surface area is 222 Å². The molecule has 5 aromatic rings. The third-order valence-electron chi connectivity index (χ3n) is 5.54. The van der Waals surface area contributed by atoms with Crippen molar-refractivity contribution in [3.63, 3.8) is 0 Å². The van der Waals surface area contributed by atoms with Crippen LogP contribution in [0.5, 0.6) is 5.75 Å². The standard InChI is InChI=1S/C27H24N6O2S2/c1-35-23-10-6-5-9-22(23)33-24(15-19-7-3-2-4-8-19)31-32-27(33)37-18-25-30-21(17-36-25)26(34)29-16-20-11-13-28-14-12-20/h2-14,17H,15-16,18H2,1H3,(H,29,34). The number of amides is 1. The third kappa shape index (κ3) is 6.04. The van der Waals surface area contributed by atoms with E-state index in [1.165, 1.54) is 23.1 Å². The molecule has 0 fully saturated rings. The van der Waals surface area contributed by atoms with E-state index in [-0.39, 0.29) is 5.91 Å². The van der Waals surface area contributed by atoms with Gasteiger partial charge in [-0.2, -0.15) is 0 Å². The monoisotopic (exact) mass is 528 g/mol. The van der Waals surface area contributed by atoms with E-state index in [9.17, 15) is 4.79 Å². The van der Waals surface area contributed by atoms with Crippen LogP contribution in [0.25, 0.3) is 5.69 Å². The maximum atomic E-state index is 12.6. The zero-order chi connectivity index (χ0) is 25.5. The average molecular weight is 529 g/mol. The highest BCUT2D eigenvalue weighted by Crippen LogP contribution is 2.31. The van der Waals surface area contributed by atoms with Gasteiger partial charge in [0.15, 0.2) is 5.16 Å². The van der Waals surface area contributed by atoms with Gasteiger partial charge in [-0.3, -0.25) is 14.3 Å². The van der Waals surface area contributed by atoms with Gasteiger partial charge in [0.05, 0.1) is 18.6 Å². The molecule has 0 radical (unpaired) electrons. The molecule has 3 heterocycles. The van der Waals surface area contributed by atoms with Crippen LogP contribution in [0.4, 0.5) is 0 Å². The molecule has 0 aliphatic rings. The molecule has 0 spiro atoms. The van der Waals surface area contributed by atoms with E-state index in [0.29, 0.717) is 24.4 Å². The van der Waals surface area contributed by atoms with E-state index in [1.54, 1.807) is 24.9 Å². The highest BCUT2D eigenvalue weighted by Gasteiger charge is 2.19. The van der Waals surface area contributed by atoms with Crippen LogP contribution < -0.4 is 10.1 Å². The Morgan fingerprint density at radius 2 is 1.78 bits per heavy atom. The number of thioether (sulfide) groups is 1. The number of carbonyl (C=O) groups is 1.